The van der Waals surface area contributed by atoms with Gasteiger partial charge in [0.2, 0.25) is 0 Å². The van der Waals surface area contributed by atoms with Gasteiger partial charge in [-0.05, 0) is 30.9 Å². The minimum Gasteiger partial charge on any atom is -0.465 e. The van der Waals surface area contributed by atoms with Gasteiger partial charge in [-0.15, -0.1) is 0 Å². The molecule has 4 nitrogen and oxygen atoms in total. The van der Waals surface area contributed by atoms with Crippen molar-refractivity contribution in [2.24, 2.45) is 5.41 Å². The first-order valence-corrected chi connectivity index (χ1v) is 7.13. The number of likely N-dealkylation sites (tertiary alicyclic amines) is 1. The Labute approximate surface area is 119 Å². The summed E-state index contributed by atoms with van der Waals surface area (Å²) in [5, 5.41) is 8.99. The summed E-state index contributed by atoms with van der Waals surface area (Å²) in [6.45, 7) is 0.902. The molecule has 1 aliphatic heterocycles. The molecule has 0 saturated carbocycles. The summed E-state index contributed by atoms with van der Waals surface area (Å²) in [5.41, 5.74) is 1.51. The number of amides is 1. The summed E-state index contributed by atoms with van der Waals surface area (Å²) in [6.07, 6.45) is 1.09. The molecule has 3 rings (SSSR count). The standard InChI is InChI=1S/C14H14BrNO3/c15-11-3-1-2-9-10(11)8-14(12(9)17)4-6-16(7-5-14)13(18)19/h1-3H,4-8H2,(H,18,19). The number of carbonyl (C=O) groups is 2. The molecule has 1 aliphatic carbocycles. The van der Waals surface area contributed by atoms with Crippen LogP contribution in [0.5, 0.6) is 0 Å². The maximum Gasteiger partial charge on any atom is 0.407 e. The van der Waals surface area contributed by atoms with E-state index in [1.54, 1.807) is 0 Å². The number of hydrogen-bond acceptors (Lipinski definition) is 2. The number of benzene rings is 1. The molecule has 1 fully saturated rings. The van der Waals surface area contributed by atoms with E-state index in [0.29, 0.717) is 25.9 Å². The van der Waals surface area contributed by atoms with Gasteiger partial charge >= 0.3 is 6.09 Å². The number of carbonyl (C=O) groups excluding carboxylic acids is 1. The Kier molecular flexibility index (Phi) is 2.89. The average Bonchev–Trinajstić information content (AvgIpc) is 2.66. The van der Waals surface area contributed by atoms with Crippen molar-refractivity contribution in [3.8, 4) is 0 Å². The molecule has 0 radical (unpaired) electrons. The third-order valence-corrected chi connectivity index (χ3v) is 5.09. The lowest BCUT2D eigenvalue weighted by Crippen LogP contribution is -2.45. The Bertz CT molecular complexity index is 562. The first-order valence-electron chi connectivity index (χ1n) is 6.34. The second-order valence-corrected chi connectivity index (χ2v) is 6.18. The van der Waals surface area contributed by atoms with Gasteiger partial charge < -0.3 is 10.0 Å². The molecule has 0 atom stereocenters. The maximum absolute atomic E-state index is 12.6. The number of hydrogen-bond donors (Lipinski definition) is 1. The van der Waals surface area contributed by atoms with Crippen molar-refractivity contribution < 1.29 is 14.7 Å². The molecule has 1 saturated heterocycles. The highest BCUT2D eigenvalue weighted by Gasteiger charge is 2.48. The van der Waals surface area contributed by atoms with Crippen LogP contribution in [0.2, 0.25) is 0 Å². The second-order valence-electron chi connectivity index (χ2n) is 5.32. The highest BCUT2D eigenvalue weighted by molar-refractivity contribution is 9.10. The number of piperidine rings is 1. The molecule has 1 N–H and O–H groups in total. The SMILES string of the molecule is O=C(O)N1CCC2(CC1)Cc1c(Br)cccc1C2=O. The molecule has 1 aromatic rings. The topological polar surface area (TPSA) is 57.6 Å². The predicted octanol–water partition coefficient (Wildman–Crippen LogP) is 2.95. The number of halogens is 1. The molecule has 100 valence electrons. The number of fused-ring (bicyclic) bond motifs is 1. The van der Waals surface area contributed by atoms with Gasteiger partial charge in [-0.2, -0.15) is 0 Å². The Balaban J connectivity index is 1.88. The molecule has 5 heteroatoms. The molecule has 0 aromatic heterocycles. The van der Waals surface area contributed by atoms with Crippen molar-refractivity contribution in [3.63, 3.8) is 0 Å². The molecular formula is C14H14BrNO3. The summed E-state index contributed by atoms with van der Waals surface area (Å²) in [4.78, 5) is 25.0. The van der Waals surface area contributed by atoms with Crippen LogP contribution < -0.4 is 0 Å². The van der Waals surface area contributed by atoms with E-state index in [2.05, 4.69) is 15.9 Å². The van der Waals surface area contributed by atoms with E-state index in [0.717, 1.165) is 22.0 Å². The van der Waals surface area contributed by atoms with Crippen LogP contribution in [-0.2, 0) is 6.42 Å². The van der Waals surface area contributed by atoms with Gasteiger partial charge in [0.15, 0.2) is 5.78 Å². The molecule has 1 amide bonds. The lowest BCUT2D eigenvalue weighted by Gasteiger charge is -2.36. The first kappa shape index (κ1) is 12.7. The van der Waals surface area contributed by atoms with Crippen molar-refractivity contribution in [3.05, 3.63) is 33.8 Å². The van der Waals surface area contributed by atoms with Crippen molar-refractivity contribution >= 4 is 27.8 Å². The molecule has 1 aromatic carbocycles. The molecule has 19 heavy (non-hydrogen) atoms. The van der Waals surface area contributed by atoms with E-state index in [4.69, 9.17) is 5.11 Å². The third kappa shape index (κ3) is 1.87. The highest BCUT2D eigenvalue weighted by atomic mass is 79.9. The highest BCUT2D eigenvalue weighted by Crippen LogP contribution is 2.46. The van der Waals surface area contributed by atoms with Gasteiger partial charge in [0, 0.05) is 28.5 Å². The molecule has 2 aliphatic rings. The van der Waals surface area contributed by atoms with Gasteiger partial charge in [-0.25, -0.2) is 4.79 Å². The lowest BCUT2D eigenvalue weighted by atomic mass is 9.75. The van der Waals surface area contributed by atoms with Crippen LogP contribution in [0.25, 0.3) is 0 Å². The van der Waals surface area contributed by atoms with Crippen LogP contribution in [0.15, 0.2) is 22.7 Å². The van der Waals surface area contributed by atoms with E-state index < -0.39 is 6.09 Å². The Morgan fingerprint density at radius 1 is 1.32 bits per heavy atom. The smallest absolute Gasteiger partial charge is 0.407 e. The van der Waals surface area contributed by atoms with Gasteiger partial charge in [0.25, 0.3) is 0 Å². The van der Waals surface area contributed by atoms with E-state index in [1.807, 2.05) is 18.2 Å². The van der Waals surface area contributed by atoms with Crippen molar-refractivity contribution in [1.29, 1.82) is 0 Å². The van der Waals surface area contributed by atoms with Crippen LogP contribution >= 0.6 is 15.9 Å². The number of Topliss-reactive ketones (excluding diaryl/α,β-unsaturated/α-hetero) is 1. The van der Waals surface area contributed by atoms with E-state index in [9.17, 15) is 9.59 Å². The van der Waals surface area contributed by atoms with Gasteiger partial charge in [-0.1, -0.05) is 28.1 Å². The number of ketones is 1. The zero-order valence-corrected chi connectivity index (χ0v) is 11.9. The largest absolute Gasteiger partial charge is 0.465 e. The Hall–Kier alpha value is -1.36. The van der Waals surface area contributed by atoms with E-state index in [1.165, 1.54) is 4.90 Å². The van der Waals surface area contributed by atoms with Crippen LogP contribution in [-0.4, -0.2) is 35.0 Å². The number of rotatable bonds is 0. The second kappa shape index (κ2) is 4.34. The summed E-state index contributed by atoms with van der Waals surface area (Å²) < 4.78 is 0.982. The maximum atomic E-state index is 12.6. The van der Waals surface area contributed by atoms with Crippen molar-refractivity contribution in [2.45, 2.75) is 19.3 Å². The molecule has 0 bridgehead atoms. The fraction of sp³-hybridized carbons (Fsp3) is 0.429. The van der Waals surface area contributed by atoms with Gasteiger partial charge in [0.1, 0.15) is 0 Å². The van der Waals surface area contributed by atoms with E-state index >= 15 is 0 Å². The summed E-state index contributed by atoms with van der Waals surface area (Å²) in [7, 11) is 0. The number of nitrogens with zero attached hydrogens (tertiary/aromatic N) is 1. The summed E-state index contributed by atoms with van der Waals surface area (Å²) >= 11 is 3.50. The minimum atomic E-state index is -0.890. The summed E-state index contributed by atoms with van der Waals surface area (Å²) in [5.74, 6) is 0.189. The Morgan fingerprint density at radius 3 is 2.58 bits per heavy atom. The summed E-state index contributed by atoms with van der Waals surface area (Å²) in [6, 6.07) is 5.71. The number of carboxylic acid groups (broad SMARTS) is 1. The monoisotopic (exact) mass is 323 g/mol. The van der Waals surface area contributed by atoms with E-state index in [-0.39, 0.29) is 11.2 Å². The quantitative estimate of drug-likeness (QED) is 0.798. The molecule has 1 spiro atoms. The molecular weight excluding hydrogens is 310 g/mol. The first-order chi connectivity index (χ1) is 9.03. The van der Waals surface area contributed by atoms with Gasteiger partial charge in [0.05, 0.1) is 0 Å². The van der Waals surface area contributed by atoms with Crippen LogP contribution in [0.4, 0.5) is 4.79 Å². The van der Waals surface area contributed by atoms with Crippen LogP contribution in [0, 0.1) is 5.41 Å². The average molecular weight is 324 g/mol. The Morgan fingerprint density at radius 2 is 2.00 bits per heavy atom. The molecule has 0 unspecified atom stereocenters. The van der Waals surface area contributed by atoms with Gasteiger partial charge in [-0.3, -0.25) is 4.79 Å². The zero-order chi connectivity index (χ0) is 13.6. The fourth-order valence-electron chi connectivity index (χ4n) is 3.19. The van der Waals surface area contributed by atoms with Crippen molar-refractivity contribution in [1.82, 2.24) is 4.90 Å². The zero-order valence-electron chi connectivity index (χ0n) is 10.4. The predicted molar refractivity (Wildman–Crippen MR) is 73.4 cm³/mol. The van der Waals surface area contributed by atoms with Crippen LogP contribution in [0.1, 0.15) is 28.8 Å². The lowest BCUT2D eigenvalue weighted by molar-refractivity contribution is 0.0620. The van der Waals surface area contributed by atoms with Crippen LogP contribution in [0.3, 0.4) is 0 Å². The van der Waals surface area contributed by atoms with Crippen molar-refractivity contribution in [2.75, 3.05) is 13.1 Å². The normalized spacial score (nSPS) is 20.7. The molecule has 1 heterocycles. The third-order valence-electron chi connectivity index (χ3n) is 4.35. The fourth-order valence-corrected chi connectivity index (χ4v) is 3.69. The minimum absolute atomic E-state index is 0.189.